The van der Waals surface area contributed by atoms with Gasteiger partial charge in [-0.1, -0.05) is 0 Å². The molecule has 0 fully saturated rings. The summed E-state index contributed by atoms with van der Waals surface area (Å²) >= 11 is 5.57. The molecule has 7 heavy (non-hydrogen) atoms. The van der Waals surface area contributed by atoms with Gasteiger partial charge in [0.25, 0.3) is 5.17 Å². The van der Waals surface area contributed by atoms with E-state index in [-0.39, 0.29) is 0 Å². The minimum absolute atomic E-state index is 0.850. The average Bonchev–Trinajstić information content (AvgIpc) is 1.87. The Morgan fingerprint density at radius 1 is 1.86 bits per heavy atom. The normalized spacial score (nSPS) is 20.3. The van der Waals surface area contributed by atoms with Crippen LogP contribution in [0.25, 0.3) is 0 Å². The van der Waals surface area contributed by atoms with Gasteiger partial charge < -0.3 is 0 Å². The summed E-state index contributed by atoms with van der Waals surface area (Å²) in [6, 6.07) is 0. The first-order valence-corrected chi connectivity index (χ1v) is 2.66. The molecule has 1 N–H and O–H groups in total. The van der Waals surface area contributed by atoms with Gasteiger partial charge in [0, 0.05) is 0 Å². The van der Waals surface area contributed by atoms with E-state index in [1.807, 2.05) is 12.1 Å². The molecular formula is C4H8ClN2+. The van der Waals surface area contributed by atoms with E-state index >= 15 is 0 Å². The Hall–Kier alpha value is -0.240. The predicted molar refractivity (Wildman–Crippen MR) is 29.1 cm³/mol. The zero-order valence-electron chi connectivity index (χ0n) is 4.24. The van der Waals surface area contributed by atoms with E-state index in [1.165, 1.54) is 0 Å². The molecule has 0 spiro atoms. The molecule has 1 aliphatic rings. The second-order valence-corrected chi connectivity index (χ2v) is 2.14. The minimum Gasteiger partial charge on any atom is -0.190 e. The molecule has 0 unspecified atom stereocenters. The Kier molecular flexibility index (Phi) is 1.19. The third-order valence-corrected chi connectivity index (χ3v) is 1.25. The van der Waals surface area contributed by atoms with Crippen LogP contribution in [0.5, 0.6) is 0 Å². The zero-order chi connectivity index (χ0) is 5.28. The van der Waals surface area contributed by atoms with Crippen LogP contribution in [0.3, 0.4) is 0 Å². The lowest BCUT2D eigenvalue weighted by Gasteiger charge is -1.92. The summed E-state index contributed by atoms with van der Waals surface area (Å²) in [7, 11) is 1.97. The SMILES string of the molecule is CN1CCC(Cl)=[NH+]1. The molecule has 0 bridgehead atoms. The van der Waals surface area contributed by atoms with Gasteiger partial charge in [0.15, 0.2) is 0 Å². The number of hydrogen-bond donors (Lipinski definition) is 1. The number of hydrazine groups is 1. The molecule has 0 aromatic heterocycles. The van der Waals surface area contributed by atoms with Crippen LogP contribution in [0.1, 0.15) is 6.42 Å². The number of halogens is 1. The van der Waals surface area contributed by atoms with Crippen molar-refractivity contribution in [2.45, 2.75) is 6.42 Å². The Balaban J connectivity index is 2.50. The van der Waals surface area contributed by atoms with Gasteiger partial charge in [0.2, 0.25) is 0 Å². The van der Waals surface area contributed by atoms with Crippen molar-refractivity contribution in [1.29, 1.82) is 0 Å². The summed E-state index contributed by atoms with van der Waals surface area (Å²) in [5.74, 6) is 0. The Morgan fingerprint density at radius 3 is 2.71 bits per heavy atom. The quantitative estimate of drug-likeness (QED) is 0.431. The van der Waals surface area contributed by atoms with Crippen molar-refractivity contribution in [3.8, 4) is 0 Å². The highest BCUT2D eigenvalue weighted by Crippen LogP contribution is 1.89. The average molecular weight is 120 g/mol. The summed E-state index contributed by atoms with van der Waals surface area (Å²) in [6.07, 6.45) is 0.970. The number of hydrazone groups is 1. The molecule has 1 rings (SSSR count). The fourth-order valence-electron chi connectivity index (χ4n) is 0.585. The Bertz CT molecular complexity index is 99.9. The van der Waals surface area contributed by atoms with Crippen molar-refractivity contribution in [2.75, 3.05) is 13.6 Å². The zero-order valence-corrected chi connectivity index (χ0v) is 5.00. The third-order valence-electron chi connectivity index (χ3n) is 0.979. The molecule has 0 radical (unpaired) electrons. The molecule has 0 atom stereocenters. The Labute approximate surface area is 47.8 Å². The van der Waals surface area contributed by atoms with Crippen molar-refractivity contribution in [3.05, 3.63) is 0 Å². The van der Waals surface area contributed by atoms with Gasteiger partial charge in [-0.3, -0.25) is 0 Å². The third kappa shape index (κ3) is 1.06. The molecule has 0 aromatic carbocycles. The van der Waals surface area contributed by atoms with E-state index in [9.17, 15) is 0 Å². The van der Waals surface area contributed by atoms with Crippen LogP contribution in [-0.4, -0.2) is 23.8 Å². The van der Waals surface area contributed by atoms with Crippen LogP contribution < -0.4 is 5.10 Å². The van der Waals surface area contributed by atoms with Crippen molar-refractivity contribution in [2.24, 2.45) is 0 Å². The highest BCUT2D eigenvalue weighted by atomic mass is 35.5. The van der Waals surface area contributed by atoms with Crippen LogP contribution in [0, 0.1) is 0 Å². The monoisotopic (exact) mass is 119 g/mol. The first-order chi connectivity index (χ1) is 3.29. The first kappa shape index (κ1) is 4.91. The van der Waals surface area contributed by atoms with Gasteiger partial charge in [-0.15, -0.1) is 5.10 Å². The highest BCUT2D eigenvalue weighted by Gasteiger charge is 2.13. The molecule has 3 heteroatoms. The maximum Gasteiger partial charge on any atom is 0.273 e. The molecule has 0 aromatic rings. The van der Waals surface area contributed by atoms with Gasteiger partial charge in [0.05, 0.1) is 20.0 Å². The lowest BCUT2D eigenvalue weighted by molar-refractivity contribution is -0.625. The first-order valence-electron chi connectivity index (χ1n) is 2.28. The summed E-state index contributed by atoms with van der Waals surface area (Å²) in [5.41, 5.74) is 0. The summed E-state index contributed by atoms with van der Waals surface area (Å²) in [4.78, 5) is 0. The summed E-state index contributed by atoms with van der Waals surface area (Å²) in [6.45, 7) is 1.03. The summed E-state index contributed by atoms with van der Waals surface area (Å²) in [5, 5.41) is 5.74. The maximum atomic E-state index is 5.57. The van der Waals surface area contributed by atoms with Gasteiger partial charge in [-0.25, -0.2) is 0 Å². The minimum atomic E-state index is 0.850. The number of nitrogens with one attached hydrogen (secondary N) is 1. The van der Waals surface area contributed by atoms with Gasteiger partial charge >= 0.3 is 0 Å². The van der Waals surface area contributed by atoms with Crippen LogP contribution in [0.15, 0.2) is 0 Å². The second kappa shape index (κ2) is 1.70. The molecule has 0 aliphatic carbocycles. The largest absolute Gasteiger partial charge is 0.273 e. The fourth-order valence-corrected chi connectivity index (χ4v) is 0.814. The molecule has 2 nitrogen and oxygen atoms in total. The standard InChI is InChI=1S/C4H7ClN2/c1-7-3-2-4(5)6-7/h2-3H2,1H3/p+1. The van der Waals surface area contributed by atoms with E-state index in [0.29, 0.717) is 0 Å². The van der Waals surface area contributed by atoms with Crippen LogP contribution in [-0.2, 0) is 0 Å². The van der Waals surface area contributed by atoms with Gasteiger partial charge in [-0.05, 0) is 11.6 Å². The smallest absolute Gasteiger partial charge is 0.190 e. The lowest BCUT2D eigenvalue weighted by Crippen LogP contribution is -2.77. The van der Waals surface area contributed by atoms with Crippen molar-refractivity contribution >= 4 is 16.8 Å². The molecular weight excluding hydrogens is 112 g/mol. The number of nitrogens with zero attached hydrogens (tertiary/aromatic N) is 1. The Morgan fingerprint density at radius 2 is 2.57 bits per heavy atom. The molecule has 1 aliphatic heterocycles. The van der Waals surface area contributed by atoms with E-state index in [4.69, 9.17) is 11.6 Å². The number of rotatable bonds is 0. The van der Waals surface area contributed by atoms with E-state index in [0.717, 1.165) is 18.1 Å². The molecule has 0 amide bonds. The van der Waals surface area contributed by atoms with E-state index in [2.05, 4.69) is 5.10 Å². The molecule has 0 saturated heterocycles. The fraction of sp³-hybridized carbons (Fsp3) is 0.750. The van der Waals surface area contributed by atoms with Gasteiger partial charge in [0.1, 0.15) is 0 Å². The van der Waals surface area contributed by atoms with Crippen LogP contribution in [0.2, 0.25) is 0 Å². The predicted octanol–water partition coefficient (Wildman–Crippen LogP) is -1.05. The maximum absolute atomic E-state index is 5.57. The molecule has 1 heterocycles. The topological polar surface area (TPSA) is 17.2 Å². The van der Waals surface area contributed by atoms with Crippen LogP contribution in [0.4, 0.5) is 0 Å². The van der Waals surface area contributed by atoms with Crippen molar-refractivity contribution in [1.82, 2.24) is 5.01 Å². The lowest BCUT2D eigenvalue weighted by atomic mass is 10.5. The highest BCUT2D eigenvalue weighted by molar-refractivity contribution is 6.63. The van der Waals surface area contributed by atoms with Crippen LogP contribution >= 0.6 is 11.6 Å². The molecule has 0 saturated carbocycles. The van der Waals surface area contributed by atoms with Gasteiger partial charge in [-0.2, -0.15) is 5.01 Å². The molecule has 40 valence electrons. The van der Waals surface area contributed by atoms with E-state index < -0.39 is 0 Å². The number of hydrogen-bond acceptors (Lipinski definition) is 1. The van der Waals surface area contributed by atoms with Crippen molar-refractivity contribution in [3.63, 3.8) is 0 Å². The van der Waals surface area contributed by atoms with Crippen molar-refractivity contribution < 1.29 is 5.10 Å². The summed E-state index contributed by atoms with van der Waals surface area (Å²) < 4.78 is 0. The second-order valence-electron chi connectivity index (χ2n) is 1.69. The van der Waals surface area contributed by atoms with E-state index in [1.54, 1.807) is 0 Å².